The standard InChI is InChI=1S/C30H34O6/c1-30(2)35-22-27(36-30)29(34-21-25-16-10-5-11-17-25)28(33-20-24-14-8-4-9-15-24)26(18-31)32-19-23-12-6-3-7-13-23/h3-18,26-29H,19-22H2,1-2H3/t26-,27+,28+,29+/m0/s1. The van der Waals surface area contributed by atoms with Crippen molar-refractivity contribution in [3.63, 3.8) is 0 Å². The van der Waals surface area contributed by atoms with Crippen LogP contribution in [0.15, 0.2) is 91.0 Å². The molecule has 1 aliphatic rings. The second kappa shape index (κ2) is 12.9. The Morgan fingerprint density at radius 2 is 1.25 bits per heavy atom. The lowest BCUT2D eigenvalue weighted by Crippen LogP contribution is -2.50. The van der Waals surface area contributed by atoms with Crippen LogP contribution in [0.1, 0.15) is 30.5 Å². The molecule has 0 bridgehead atoms. The van der Waals surface area contributed by atoms with E-state index in [-0.39, 0.29) is 6.61 Å². The van der Waals surface area contributed by atoms with Crippen LogP contribution in [0.5, 0.6) is 0 Å². The average Bonchev–Trinajstić information content (AvgIpc) is 3.28. The number of hydrogen-bond donors (Lipinski definition) is 0. The molecule has 6 heteroatoms. The lowest BCUT2D eigenvalue weighted by Gasteiger charge is -2.34. The van der Waals surface area contributed by atoms with Crippen molar-refractivity contribution in [3.8, 4) is 0 Å². The fourth-order valence-corrected chi connectivity index (χ4v) is 4.18. The molecule has 6 nitrogen and oxygen atoms in total. The maximum absolute atomic E-state index is 12.4. The Hall–Kier alpha value is -2.87. The second-order valence-corrected chi connectivity index (χ2v) is 9.29. The van der Waals surface area contributed by atoms with E-state index < -0.39 is 30.2 Å². The highest BCUT2D eigenvalue weighted by Gasteiger charge is 2.44. The van der Waals surface area contributed by atoms with Crippen LogP contribution in [0.4, 0.5) is 0 Å². The molecular formula is C30H34O6. The van der Waals surface area contributed by atoms with Gasteiger partial charge in [-0.25, -0.2) is 0 Å². The summed E-state index contributed by atoms with van der Waals surface area (Å²) in [6, 6.07) is 29.5. The van der Waals surface area contributed by atoms with Gasteiger partial charge in [0.15, 0.2) is 12.1 Å². The molecule has 4 atom stereocenters. The fraction of sp³-hybridized carbons (Fsp3) is 0.367. The van der Waals surface area contributed by atoms with Crippen molar-refractivity contribution < 1.29 is 28.5 Å². The van der Waals surface area contributed by atoms with E-state index in [9.17, 15) is 4.79 Å². The first-order valence-electron chi connectivity index (χ1n) is 12.3. The van der Waals surface area contributed by atoms with Crippen LogP contribution in [0.2, 0.25) is 0 Å². The van der Waals surface area contributed by atoms with Crippen LogP contribution in [-0.2, 0) is 48.3 Å². The molecule has 0 N–H and O–H groups in total. The van der Waals surface area contributed by atoms with E-state index in [1.165, 1.54) is 0 Å². The Morgan fingerprint density at radius 3 is 1.69 bits per heavy atom. The monoisotopic (exact) mass is 490 g/mol. The van der Waals surface area contributed by atoms with Crippen LogP contribution in [0.25, 0.3) is 0 Å². The summed E-state index contributed by atoms with van der Waals surface area (Å²) < 4.78 is 31.0. The van der Waals surface area contributed by atoms with E-state index >= 15 is 0 Å². The van der Waals surface area contributed by atoms with Gasteiger partial charge in [-0.05, 0) is 30.5 Å². The van der Waals surface area contributed by atoms with Gasteiger partial charge in [0.25, 0.3) is 0 Å². The van der Waals surface area contributed by atoms with Crippen molar-refractivity contribution in [2.75, 3.05) is 6.61 Å². The van der Waals surface area contributed by atoms with Gasteiger partial charge in [0.2, 0.25) is 0 Å². The summed E-state index contributed by atoms with van der Waals surface area (Å²) in [6.45, 7) is 4.96. The number of ether oxygens (including phenoxy) is 5. The number of carbonyl (C=O) groups excluding carboxylic acids is 1. The average molecular weight is 491 g/mol. The molecule has 190 valence electrons. The van der Waals surface area contributed by atoms with Crippen LogP contribution in [0.3, 0.4) is 0 Å². The van der Waals surface area contributed by atoms with Crippen LogP contribution in [-0.4, -0.2) is 43.1 Å². The molecule has 0 radical (unpaired) electrons. The van der Waals surface area contributed by atoms with Gasteiger partial charge in [-0.1, -0.05) is 91.0 Å². The van der Waals surface area contributed by atoms with Crippen molar-refractivity contribution in [2.24, 2.45) is 0 Å². The molecule has 1 fully saturated rings. The van der Waals surface area contributed by atoms with Crippen LogP contribution >= 0.6 is 0 Å². The maximum Gasteiger partial charge on any atom is 0.163 e. The number of hydrogen-bond acceptors (Lipinski definition) is 6. The van der Waals surface area contributed by atoms with Crippen LogP contribution in [0, 0.1) is 0 Å². The topological polar surface area (TPSA) is 63.2 Å². The van der Waals surface area contributed by atoms with Crippen molar-refractivity contribution in [1.29, 1.82) is 0 Å². The summed E-state index contributed by atoms with van der Waals surface area (Å²) in [5, 5.41) is 0. The maximum atomic E-state index is 12.4. The number of aldehydes is 1. The summed E-state index contributed by atoms with van der Waals surface area (Å²) in [5.41, 5.74) is 2.96. The summed E-state index contributed by atoms with van der Waals surface area (Å²) in [6.07, 6.45) is -1.85. The molecule has 1 aliphatic heterocycles. The van der Waals surface area contributed by atoms with E-state index in [1.54, 1.807) is 0 Å². The van der Waals surface area contributed by atoms with Gasteiger partial charge in [0.05, 0.1) is 26.4 Å². The van der Waals surface area contributed by atoms with Gasteiger partial charge in [-0.2, -0.15) is 0 Å². The van der Waals surface area contributed by atoms with Gasteiger partial charge < -0.3 is 28.5 Å². The Balaban J connectivity index is 1.58. The number of carbonyl (C=O) groups is 1. The lowest BCUT2D eigenvalue weighted by atomic mass is 10.0. The molecular weight excluding hydrogens is 456 g/mol. The largest absolute Gasteiger partial charge is 0.368 e. The highest BCUT2D eigenvalue weighted by atomic mass is 16.8. The number of benzene rings is 3. The van der Waals surface area contributed by atoms with Gasteiger partial charge in [-0.3, -0.25) is 0 Å². The highest BCUT2D eigenvalue weighted by Crippen LogP contribution is 2.30. The predicted octanol–water partition coefficient (Wildman–Crippen LogP) is 5.09. The van der Waals surface area contributed by atoms with E-state index in [4.69, 9.17) is 23.7 Å². The molecule has 0 aromatic heterocycles. The zero-order chi connectivity index (χ0) is 25.2. The molecule has 0 amide bonds. The van der Waals surface area contributed by atoms with Gasteiger partial charge in [0.1, 0.15) is 24.4 Å². The molecule has 3 aromatic rings. The molecule has 1 heterocycles. The van der Waals surface area contributed by atoms with Gasteiger partial charge in [0, 0.05) is 0 Å². The summed E-state index contributed by atoms with van der Waals surface area (Å²) in [5.74, 6) is -0.759. The quantitative estimate of drug-likeness (QED) is 0.311. The molecule has 3 aromatic carbocycles. The van der Waals surface area contributed by atoms with E-state index in [0.717, 1.165) is 23.0 Å². The Morgan fingerprint density at radius 1 is 0.778 bits per heavy atom. The molecule has 1 saturated heterocycles. The third kappa shape index (κ3) is 7.56. The smallest absolute Gasteiger partial charge is 0.163 e. The van der Waals surface area contributed by atoms with E-state index in [1.807, 2.05) is 105 Å². The molecule has 0 unspecified atom stereocenters. The van der Waals surface area contributed by atoms with Crippen molar-refractivity contribution in [3.05, 3.63) is 108 Å². The fourth-order valence-electron chi connectivity index (χ4n) is 4.18. The normalized spacial score (nSPS) is 19.4. The van der Waals surface area contributed by atoms with Crippen molar-refractivity contribution in [2.45, 2.75) is 63.9 Å². The summed E-state index contributed by atoms with van der Waals surface area (Å²) in [4.78, 5) is 12.4. The summed E-state index contributed by atoms with van der Waals surface area (Å²) >= 11 is 0. The predicted molar refractivity (Wildman–Crippen MR) is 136 cm³/mol. The van der Waals surface area contributed by atoms with Gasteiger partial charge >= 0.3 is 0 Å². The molecule has 36 heavy (non-hydrogen) atoms. The van der Waals surface area contributed by atoms with Crippen molar-refractivity contribution in [1.82, 2.24) is 0 Å². The Kier molecular flexibility index (Phi) is 9.39. The minimum absolute atomic E-state index is 0.272. The minimum Gasteiger partial charge on any atom is -0.368 e. The highest BCUT2D eigenvalue weighted by molar-refractivity contribution is 5.57. The lowest BCUT2D eigenvalue weighted by molar-refractivity contribution is -0.199. The zero-order valence-electron chi connectivity index (χ0n) is 20.8. The number of rotatable bonds is 13. The molecule has 0 spiro atoms. The third-order valence-electron chi connectivity index (χ3n) is 6.03. The first-order valence-corrected chi connectivity index (χ1v) is 12.3. The molecule has 0 aliphatic carbocycles. The second-order valence-electron chi connectivity index (χ2n) is 9.29. The Bertz CT molecular complexity index is 1040. The summed E-state index contributed by atoms with van der Waals surface area (Å²) in [7, 11) is 0. The van der Waals surface area contributed by atoms with E-state index in [0.29, 0.717) is 19.8 Å². The van der Waals surface area contributed by atoms with Crippen LogP contribution < -0.4 is 0 Å². The SMILES string of the molecule is CC1(C)OC[C@H]([C@@H](OCc2ccccc2)[C@H](OCc2ccccc2)[C@H](C=O)OCc2ccccc2)O1. The first-order chi connectivity index (χ1) is 17.5. The third-order valence-corrected chi connectivity index (χ3v) is 6.03. The van der Waals surface area contributed by atoms with Gasteiger partial charge in [-0.15, -0.1) is 0 Å². The van der Waals surface area contributed by atoms with Crippen molar-refractivity contribution >= 4 is 6.29 Å². The molecule has 4 rings (SSSR count). The zero-order valence-corrected chi connectivity index (χ0v) is 20.8. The minimum atomic E-state index is -0.873. The molecule has 0 saturated carbocycles. The first kappa shape index (κ1) is 26.2. The van der Waals surface area contributed by atoms with E-state index in [2.05, 4.69) is 0 Å². The Labute approximate surface area is 213 Å².